The Kier molecular flexibility index (Phi) is 2.73. The fourth-order valence-corrected chi connectivity index (χ4v) is 2.80. The maximum atomic E-state index is 11.7. The Labute approximate surface area is 105 Å². The molecule has 0 amide bonds. The van der Waals surface area contributed by atoms with Crippen molar-refractivity contribution in [2.45, 2.75) is 38.0 Å². The van der Waals surface area contributed by atoms with E-state index in [0.717, 1.165) is 48.9 Å². The zero-order chi connectivity index (χ0) is 12.7. The van der Waals surface area contributed by atoms with E-state index in [1.807, 2.05) is 0 Å². The fourth-order valence-electron chi connectivity index (χ4n) is 2.80. The zero-order valence-electron chi connectivity index (χ0n) is 10.4. The summed E-state index contributed by atoms with van der Waals surface area (Å²) in [5.41, 5.74) is 2.12. The Balaban J connectivity index is 2.04. The lowest BCUT2D eigenvalue weighted by Gasteiger charge is -2.16. The molecule has 0 radical (unpaired) electrons. The number of carbonyl (C=O) groups excluding carboxylic acids is 2. The van der Waals surface area contributed by atoms with Gasteiger partial charge in [0.15, 0.2) is 0 Å². The standard InChI is InChI=1S/C14H16O4/c1-17-14(16)13-12(9-3-4-9)10-6-8(7-15)2-5-11(10)18-13/h7-9H,2-6H2,1H3. The van der Waals surface area contributed by atoms with Gasteiger partial charge in [-0.05, 0) is 37.2 Å². The number of rotatable bonds is 3. The number of methoxy groups -OCH3 is 1. The highest BCUT2D eigenvalue weighted by Crippen LogP contribution is 2.47. The lowest BCUT2D eigenvalue weighted by molar-refractivity contribution is -0.111. The SMILES string of the molecule is COC(=O)c1oc2c(c1C1CC1)CC(C=O)CC2. The number of aryl methyl sites for hydroxylation is 1. The molecule has 1 aromatic heterocycles. The van der Waals surface area contributed by atoms with Crippen molar-refractivity contribution < 1.29 is 18.7 Å². The highest BCUT2D eigenvalue weighted by atomic mass is 16.5. The molecule has 0 aliphatic heterocycles. The maximum absolute atomic E-state index is 11.7. The van der Waals surface area contributed by atoms with Gasteiger partial charge in [-0.25, -0.2) is 4.79 Å². The van der Waals surface area contributed by atoms with Crippen molar-refractivity contribution >= 4 is 12.3 Å². The van der Waals surface area contributed by atoms with Crippen molar-refractivity contribution in [1.29, 1.82) is 0 Å². The summed E-state index contributed by atoms with van der Waals surface area (Å²) < 4.78 is 10.5. The molecule has 0 spiro atoms. The Bertz CT molecular complexity index is 496. The largest absolute Gasteiger partial charge is 0.463 e. The van der Waals surface area contributed by atoms with Crippen LogP contribution in [0.1, 0.15) is 52.6 Å². The second-order valence-corrected chi connectivity index (χ2v) is 5.15. The van der Waals surface area contributed by atoms with E-state index < -0.39 is 5.97 Å². The van der Waals surface area contributed by atoms with Crippen LogP contribution >= 0.6 is 0 Å². The summed E-state index contributed by atoms with van der Waals surface area (Å²) in [4.78, 5) is 22.7. The Hall–Kier alpha value is -1.58. The average Bonchev–Trinajstić information content (AvgIpc) is 3.17. The molecule has 1 unspecified atom stereocenters. The Morgan fingerprint density at radius 3 is 2.78 bits per heavy atom. The van der Waals surface area contributed by atoms with Gasteiger partial charge in [-0.15, -0.1) is 0 Å². The second-order valence-electron chi connectivity index (χ2n) is 5.15. The fraction of sp³-hybridized carbons (Fsp3) is 0.571. The summed E-state index contributed by atoms with van der Waals surface area (Å²) in [6.07, 6.45) is 5.49. The number of fused-ring (bicyclic) bond motifs is 1. The molecular weight excluding hydrogens is 232 g/mol. The van der Waals surface area contributed by atoms with E-state index in [4.69, 9.17) is 9.15 Å². The van der Waals surface area contributed by atoms with Gasteiger partial charge in [-0.3, -0.25) is 0 Å². The molecule has 0 aromatic carbocycles. The summed E-state index contributed by atoms with van der Waals surface area (Å²) in [6, 6.07) is 0. The van der Waals surface area contributed by atoms with Gasteiger partial charge in [0.25, 0.3) is 0 Å². The van der Waals surface area contributed by atoms with Crippen LogP contribution in [-0.2, 0) is 22.4 Å². The summed E-state index contributed by atoms with van der Waals surface area (Å²) in [5.74, 6) is 1.36. The number of hydrogen-bond acceptors (Lipinski definition) is 4. The lowest BCUT2D eigenvalue weighted by atomic mass is 9.86. The smallest absolute Gasteiger partial charge is 0.374 e. The first kappa shape index (κ1) is 11.5. The van der Waals surface area contributed by atoms with Crippen LogP contribution in [0, 0.1) is 5.92 Å². The Morgan fingerprint density at radius 1 is 1.39 bits per heavy atom. The molecule has 0 N–H and O–H groups in total. The van der Waals surface area contributed by atoms with Crippen LogP contribution in [0.15, 0.2) is 4.42 Å². The molecule has 0 saturated heterocycles. The third-order valence-electron chi connectivity index (χ3n) is 3.89. The molecule has 4 heteroatoms. The van der Waals surface area contributed by atoms with Gasteiger partial charge in [0.1, 0.15) is 12.0 Å². The van der Waals surface area contributed by atoms with Crippen molar-refractivity contribution in [3.63, 3.8) is 0 Å². The molecule has 1 fully saturated rings. The summed E-state index contributed by atoms with van der Waals surface area (Å²) >= 11 is 0. The number of esters is 1. The summed E-state index contributed by atoms with van der Waals surface area (Å²) in [5, 5.41) is 0. The van der Waals surface area contributed by atoms with E-state index in [-0.39, 0.29) is 5.92 Å². The van der Waals surface area contributed by atoms with E-state index in [1.54, 1.807) is 0 Å². The third kappa shape index (κ3) is 1.76. The van der Waals surface area contributed by atoms with Crippen LogP contribution in [0.4, 0.5) is 0 Å². The monoisotopic (exact) mass is 248 g/mol. The number of carbonyl (C=O) groups is 2. The maximum Gasteiger partial charge on any atom is 0.374 e. The molecular formula is C14H16O4. The minimum Gasteiger partial charge on any atom is -0.463 e. The third-order valence-corrected chi connectivity index (χ3v) is 3.89. The van der Waals surface area contributed by atoms with E-state index >= 15 is 0 Å². The van der Waals surface area contributed by atoms with Crippen LogP contribution in [0.2, 0.25) is 0 Å². The van der Waals surface area contributed by atoms with Gasteiger partial charge in [-0.2, -0.15) is 0 Å². The van der Waals surface area contributed by atoms with Crippen LogP contribution in [0.5, 0.6) is 0 Å². The number of furan rings is 1. The van der Waals surface area contributed by atoms with Crippen LogP contribution in [0.25, 0.3) is 0 Å². The van der Waals surface area contributed by atoms with Gasteiger partial charge in [0.2, 0.25) is 5.76 Å². The van der Waals surface area contributed by atoms with Gasteiger partial charge >= 0.3 is 5.97 Å². The molecule has 3 rings (SSSR count). The molecule has 0 bridgehead atoms. The van der Waals surface area contributed by atoms with Crippen LogP contribution in [-0.4, -0.2) is 19.4 Å². The molecule has 4 nitrogen and oxygen atoms in total. The summed E-state index contributed by atoms with van der Waals surface area (Å²) in [6.45, 7) is 0. The van der Waals surface area contributed by atoms with Crippen molar-refractivity contribution in [3.05, 3.63) is 22.6 Å². The zero-order valence-corrected chi connectivity index (χ0v) is 10.4. The number of aldehydes is 1. The lowest BCUT2D eigenvalue weighted by Crippen LogP contribution is -2.15. The van der Waals surface area contributed by atoms with Crippen LogP contribution < -0.4 is 0 Å². The molecule has 18 heavy (non-hydrogen) atoms. The predicted molar refractivity (Wildman–Crippen MR) is 63.6 cm³/mol. The average molecular weight is 248 g/mol. The summed E-state index contributed by atoms with van der Waals surface area (Å²) in [7, 11) is 1.37. The van der Waals surface area contributed by atoms with E-state index in [1.165, 1.54) is 7.11 Å². The van der Waals surface area contributed by atoms with Crippen molar-refractivity contribution in [2.24, 2.45) is 5.92 Å². The quantitative estimate of drug-likeness (QED) is 0.608. The molecule has 1 aromatic rings. The van der Waals surface area contributed by atoms with Gasteiger partial charge in [0, 0.05) is 17.9 Å². The first-order chi connectivity index (χ1) is 8.74. The normalized spacial score (nSPS) is 22.4. The molecule has 96 valence electrons. The van der Waals surface area contributed by atoms with Gasteiger partial charge < -0.3 is 13.9 Å². The second kappa shape index (κ2) is 4.26. The van der Waals surface area contributed by atoms with E-state index in [0.29, 0.717) is 18.1 Å². The first-order valence-corrected chi connectivity index (χ1v) is 6.42. The minimum absolute atomic E-state index is 0.0677. The highest BCUT2D eigenvalue weighted by Gasteiger charge is 2.38. The highest BCUT2D eigenvalue weighted by molar-refractivity contribution is 5.89. The molecule has 1 heterocycles. The topological polar surface area (TPSA) is 56.5 Å². The van der Waals surface area contributed by atoms with Gasteiger partial charge in [-0.1, -0.05) is 0 Å². The van der Waals surface area contributed by atoms with Crippen molar-refractivity contribution in [2.75, 3.05) is 7.11 Å². The van der Waals surface area contributed by atoms with Crippen LogP contribution in [0.3, 0.4) is 0 Å². The van der Waals surface area contributed by atoms with Crippen molar-refractivity contribution in [3.8, 4) is 0 Å². The number of hydrogen-bond donors (Lipinski definition) is 0. The molecule has 2 aliphatic rings. The number of ether oxygens (including phenoxy) is 1. The molecule has 2 aliphatic carbocycles. The van der Waals surface area contributed by atoms with Gasteiger partial charge in [0.05, 0.1) is 7.11 Å². The molecule has 1 atom stereocenters. The Morgan fingerprint density at radius 2 is 2.17 bits per heavy atom. The first-order valence-electron chi connectivity index (χ1n) is 6.42. The minimum atomic E-state index is -0.394. The molecule has 1 saturated carbocycles. The van der Waals surface area contributed by atoms with E-state index in [9.17, 15) is 9.59 Å². The predicted octanol–water partition coefficient (Wildman–Crippen LogP) is 2.25. The van der Waals surface area contributed by atoms with Crippen molar-refractivity contribution in [1.82, 2.24) is 0 Å². The van der Waals surface area contributed by atoms with E-state index in [2.05, 4.69) is 0 Å².